The van der Waals surface area contributed by atoms with Crippen LogP contribution in [0.3, 0.4) is 0 Å². The number of methoxy groups -OCH3 is 2. The van der Waals surface area contributed by atoms with Crippen molar-refractivity contribution in [2.24, 2.45) is 0 Å². The summed E-state index contributed by atoms with van der Waals surface area (Å²) in [6, 6.07) is 10.5. The zero-order valence-electron chi connectivity index (χ0n) is 23.6. The highest BCUT2D eigenvalue weighted by atomic mass is 16.5. The fourth-order valence-electron chi connectivity index (χ4n) is 5.38. The van der Waals surface area contributed by atoms with Crippen LogP contribution in [0.1, 0.15) is 72.4 Å². The summed E-state index contributed by atoms with van der Waals surface area (Å²) in [6.07, 6.45) is 1.16. The Morgan fingerprint density at radius 1 is 0.667 bits per heavy atom. The van der Waals surface area contributed by atoms with E-state index in [1.807, 2.05) is 27.7 Å². The minimum absolute atomic E-state index is 0.216. The maximum Gasteiger partial charge on any atom is 0.260 e. The van der Waals surface area contributed by atoms with E-state index in [1.54, 1.807) is 50.6 Å². The van der Waals surface area contributed by atoms with Crippen LogP contribution in [-0.2, 0) is 20.4 Å². The number of rotatable bonds is 10. The van der Waals surface area contributed by atoms with Crippen LogP contribution in [-0.4, -0.2) is 73.8 Å². The Kier molecular flexibility index (Phi) is 7.84. The molecule has 2 aromatic rings. The van der Waals surface area contributed by atoms with Crippen LogP contribution in [0, 0.1) is 0 Å². The summed E-state index contributed by atoms with van der Waals surface area (Å²) in [5.74, 6) is 0.0967. The van der Waals surface area contributed by atoms with E-state index in [2.05, 4.69) is 5.32 Å². The van der Waals surface area contributed by atoms with Crippen molar-refractivity contribution in [3.8, 4) is 11.5 Å². The summed E-state index contributed by atoms with van der Waals surface area (Å²) in [5, 5.41) is 3.30. The Labute approximate surface area is 229 Å². The number of nitrogens with zero attached hydrogens (tertiary/aromatic N) is 2. The van der Waals surface area contributed by atoms with Crippen molar-refractivity contribution in [3.63, 3.8) is 0 Å². The first-order chi connectivity index (χ1) is 18.4. The highest BCUT2D eigenvalue weighted by Gasteiger charge is 2.45. The Balaban J connectivity index is 1.29. The van der Waals surface area contributed by atoms with E-state index in [0.717, 1.165) is 0 Å². The van der Waals surface area contributed by atoms with Gasteiger partial charge in [0.2, 0.25) is 11.8 Å². The van der Waals surface area contributed by atoms with Crippen molar-refractivity contribution in [2.45, 2.75) is 51.4 Å². The van der Waals surface area contributed by atoms with Gasteiger partial charge in [-0.2, -0.15) is 0 Å². The van der Waals surface area contributed by atoms with Gasteiger partial charge in [-0.05, 0) is 89.0 Å². The molecule has 2 aliphatic heterocycles. The third-order valence-electron chi connectivity index (χ3n) is 7.78. The zero-order valence-corrected chi connectivity index (χ0v) is 23.6. The number of ether oxygens (including phenoxy) is 2. The molecule has 0 unspecified atom stereocenters. The van der Waals surface area contributed by atoms with Crippen molar-refractivity contribution >= 4 is 23.6 Å². The van der Waals surface area contributed by atoms with Gasteiger partial charge in [0, 0.05) is 24.2 Å². The third-order valence-corrected chi connectivity index (χ3v) is 7.78. The van der Waals surface area contributed by atoms with Gasteiger partial charge in [-0.3, -0.25) is 29.0 Å². The first kappa shape index (κ1) is 28.3. The SMILES string of the molecule is COc1ccc2c(c1)C(=O)N(CCCNCCCN1C(=O)c3cc(OC)ccc3C(C)(C)C1=O)C(=O)C2(C)C. The molecule has 0 bridgehead atoms. The van der Waals surface area contributed by atoms with E-state index in [9.17, 15) is 19.2 Å². The molecule has 9 heteroatoms. The largest absolute Gasteiger partial charge is 0.497 e. The molecule has 0 saturated carbocycles. The molecule has 4 amide bonds. The lowest BCUT2D eigenvalue weighted by Crippen LogP contribution is -2.52. The standard InChI is InChI=1S/C30H37N3O6/c1-29(2)23-11-9-19(38-5)17-21(23)25(34)32(27(29)36)15-7-13-31-14-8-16-33-26(35)22-18-20(39-6)10-12-24(22)30(3,4)28(33)37/h9-12,17-18,31H,7-8,13-16H2,1-6H3. The minimum Gasteiger partial charge on any atom is -0.497 e. The molecule has 208 valence electrons. The number of hydrogen-bond acceptors (Lipinski definition) is 7. The van der Waals surface area contributed by atoms with E-state index < -0.39 is 10.8 Å². The van der Waals surface area contributed by atoms with Crippen molar-refractivity contribution in [1.82, 2.24) is 15.1 Å². The second-order valence-corrected chi connectivity index (χ2v) is 11.1. The van der Waals surface area contributed by atoms with Crippen LogP contribution in [0.4, 0.5) is 0 Å². The fraction of sp³-hybridized carbons (Fsp3) is 0.467. The lowest BCUT2D eigenvalue weighted by Gasteiger charge is -2.37. The van der Waals surface area contributed by atoms with Gasteiger partial charge in [-0.1, -0.05) is 12.1 Å². The van der Waals surface area contributed by atoms with E-state index >= 15 is 0 Å². The molecule has 2 aliphatic rings. The molecule has 0 aromatic heterocycles. The monoisotopic (exact) mass is 535 g/mol. The van der Waals surface area contributed by atoms with Gasteiger partial charge in [-0.15, -0.1) is 0 Å². The third kappa shape index (κ3) is 5.03. The molecule has 39 heavy (non-hydrogen) atoms. The lowest BCUT2D eigenvalue weighted by atomic mass is 9.77. The van der Waals surface area contributed by atoms with Crippen LogP contribution in [0.15, 0.2) is 36.4 Å². The predicted octanol–water partition coefficient (Wildman–Crippen LogP) is 3.29. The van der Waals surface area contributed by atoms with Crippen LogP contribution >= 0.6 is 0 Å². The Morgan fingerprint density at radius 2 is 1.05 bits per heavy atom. The summed E-state index contributed by atoms with van der Waals surface area (Å²) in [4.78, 5) is 55.1. The average molecular weight is 536 g/mol. The second kappa shape index (κ2) is 10.8. The van der Waals surface area contributed by atoms with Crippen LogP contribution < -0.4 is 14.8 Å². The molecule has 1 N–H and O–H groups in total. The van der Waals surface area contributed by atoms with E-state index in [-0.39, 0.29) is 23.6 Å². The molecular formula is C30H37N3O6. The summed E-state index contributed by atoms with van der Waals surface area (Å²) in [6.45, 7) is 9.07. The normalized spacial score (nSPS) is 17.7. The van der Waals surface area contributed by atoms with Crippen LogP contribution in [0.25, 0.3) is 0 Å². The number of carbonyl (C=O) groups excluding carboxylic acids is 4. The molecule has 0 fully saturated rings. The number of imide groups is 2. The predicted molar refractivity (Wildman–Crippen MR) is 146 cm³/mol. The topological polar surface area (TPSA) is 105 Å². The van der Waals surface area contributed by atoms with Crippen molar-refractivity contribution < 1.29 is 28.7 Å². The minimum atomic E-state index is -0.813. The Bertz CT molecular complexity index is 1220. The summed E-state index contributed by atoms with van der Waals surface area (Å²) < 4.78 is 10.5. The van der Waals surface area contributed by atoms with Crippen LogP contribution in [0.5, 0.6) is 11.5 Å². The molecule has 0 radical (unpaired) electrons. The van der Waals surface area contributed by atoms with Gasteiger partial charge in [0.1, 0.15) is 11.5 Å². The summed E-state index contributed by atoms with van der Waals surface area (Å²) >= 11 is 0. The number of fused-ring (bicyclic) bond motifs is 2. The quantitative estimate of drug-likeness (QED) is 0.368. The first-order valence-electron chi connectivity index (χ1n) is 13.3. The number of hydrogen-bond donors (Lipinski definition) is 1. The van der Waals surface area contributed by atoms with Gasteiger partial charge >= 0.3 is 0 Å². The number of amides is 4. The second-order valence-electron chi connectivity index (χ2n) is 11.1. The van der Waals surface area contributed by atoms with Crippen molar-refractivity contribution in [2.75, 3.05) is 40.4 Å². The number of carbonyl (C=O) groups is 4. The molecule has 0 atom stereocenters. The molecule has 2 aromatic carbocycles. The summed E-state index contributed by atoms with van der Waals surface area (Å²) in [7, 11) is 3.09. The van der Waals surface area contributed by atoms with Gasteiger partial charge in [-0.25, -0.2) is 0 Å². The molecule has 0 aliphatic carbocycles. The first-order valence-corrected chi connectivity index (χ1v) is 13.3. The molecule has 0 saturated heterocycles. The molecule has 9 nitrogen and oxygen atoms in total. The van der Waals surface area contributed by atoms with Crippen LogP contribution in [0.2, 0.25) is 0 Å². The van der Waals surface area contributed by atoms with E-state index in [4.69, 9.17) is 9.47 Å². The Hall–Kier alpha value is -3.72. The maximum atomic E-state index is 13.1. The number of benzene rings is 2. The van der Waals surface area contributed by atoms with Crippen molar-refractivity contribution in [1.29, 1.82) is 0 Å². The molecular weight excluding hydrogens is 498 g/mol. The lowest BCUT2D eigenvalue weighted by molar-refractivity contribution is -0.135. The maximum absolute atomic E-state index is 13.1. The number of nitrogens with one attached hydrogen (secondary N) is 1. The van der Waals surface area contributed by atoms with Gasteiger partial charge in [0.15, 0.2) is 0 Å². The average Bonchev–Trinajstić information content (AvgIpc) is 2.93. The highest BCUT2D eigenvalue weighted by molar-refractivity contribution is 6.13. The highest BCUT2D eigenvalue weighted by Crippen LogP contribution is 2.37. The Morgan fingerprint density at radius 3 is 1.41 bits per heavy atom. The van der Waals surface area contributed by atoms with Gasteiger partial charge < -0.3 is 14.8 Å². The summed E-state index contributed by atoms with van der Waals surface area (Å²) in [5.41, 5.74) is 0.770. The van der Waals surface area contributed by atoms with E-state index in [1.165, 1.54) is 9.80 Å². The smallest absolute Gasteiger partial charge is 0.260 e. The molecule has 4 rings (SSSR count). The molecule has 0 spiro atoms. The van der Waals surface area contributed by atoms with Gasteiger partial charge in [0.05, 0.1) is 25.0 Å². The van der Waals surface area contributed by atoms with E-state index in [0.29, 0.717) is 72.8 Å². The zero-order chi connectivity index (χ0) is 28.5. The molecule has 2 heterocycles. The van der Waals surface area contributed by atoms with Gasteiger partial charge in [0.25, 0.3) is 11.8 Å². The van der Waals surface area contributed by atoms with Crippen molar-refractivity contribution in [3.05, 3.63) is 58.7 Å². The fourth-order valence-corrected chi connectivity index (χ4v) is 5.38.